The number of nitrogens with zero attached hydrogens (tertiary/aromatic N) is 1. The van der Waals surface area contributed by atoms with E-state index in [9.17, 15) is 9.59 Å². The summed E-state index contributed by atoms with van der Waals surface area (Å²) in [5.74, 6) is -0.369. The fraction of sp³-hybridized carbons (Fsp3) is 0.154. The summed E-state index contributed by atoms with van der Waals surface area (Å²) in [7, 11) is 1.54. The van der Waals surface area contributed by atoms with Crippen molar-refractivity contribution in [2.75, 3.05) is 17.3 Å². The van der Waals surface area contributed by atoms with Crippen LogP contribution in [0.1, 0.15) is 22.3 Å². The van der Waals surface area contributed by atoms with Gasteiger partial charge in [0, 0.05) is 16.3 Å². The molecule has 0 aromatic heterocycles. The van der Waals surface area contributed by atoms with E-state index in [4.69, 9.17) is 16.3 Å². The van der Waals surface area contributed by atoms with E-state index in [1.54, 1.807) is 30.3 Å². The first-order chi connectivity index (χ1) is 15.3. The number of imide groups is 1. The summed E-state index contributed by atoms with van der Waals surface area (Å²) in [6.45, 7) is 5.80. The van der Waals surface area contributed by atoms with Crippen LogP contribution in [0, 0.1) is 20.8 Å². The highest BCUT2D eigenvalue weighted by atomic mass is 35.5. The minimum Gasteiger partial charge on any atom is -0.496 e. The minimum absolute atomic E-state index is 0.200. The van der Waals surface area contributed by atoms with Crippen molar-refractivity contribution in [3.63, 3.8) is 0 Å². The van der Waals surface area contributed by atoms with E-state index in [-0.39, 0.29) is 11.3 Å². The molecule has 0 bridgehead atoms. The minimum atomic E-state index is -0.443. The molecule has 0 atom stereocenters. The van der Waals surface area contributed by atoms with Gasteiger partial charge in [-0.3, -0.25) is 9.59 Å². The maximum absolute atomic E-state index is 13.7. The third-order valence-electron chi connectivity index (χ3n) is 5.51. The molecule has 3 aromatic rings. The number of hydrogen-bond acceptors (Lipinski definition) is 4. The van der Waals surface area contributed by atoms with Gasteiger partial charge in [0.2, 0.25) is 0 Å². The molecule has 162 valence electrons. The van der Waals surface area contributed by atoms with Crippen molar-refractivity contribution in [3.05, 3.63) is 93.6 Å². The van der Waals surface area contributed by atoms with Crippen LogP contribution in [0.3, 0.4) is 0 Å². The van der Waals surface area contributed by atoms with Crippen LogP contribution in [0.15, 0.2) is 66.4 Å². The highest BCUT2D eigenvalue weighted by Gasteiger charge is 2.42. The lowest BCUT2D eigenvalue weighted by Gasteiger charge is -2.18. The fourth-order valence-corrected chi connectivity index (χ4v) is 4.04. The summed E-state index contributed by atoms with van der Waals surface area (Å²) >= 11 is 6.19. The fourth-order valence-electron chi connectivity index (χ4n) is 3.88. The maximum atomic E-state index is 13.7. The number of carbonyl (C=O) groups excluding carboxylic acids is 2. The van der Waals surface area contributed by atoms with E-state index in [1.807, 2.05) is 51.1 Å². The second-order valence-electron chi connectivity index (χ2n) is 7.77. The van der Waals surface area contributed by atoms with Crippen LogP contribution in [0.5, 0.6) is 5.75 Å². The number of amides is 2. The number of anilines is 2. The number of hydrogen-bond donors (Lipinski definition) is 1. The Morgan fingerprint density at radius 2 is 1.62 bits per heavy atom. The van der Waals surface area contributed by atoms with Crippen LogP contribution in [-0.2, 0) is 9.59 Å². The second kappa shape index (κ2) is 8.52. The monoisotopic (exact) mass is 446 g/mol. The topological polar surface area (TPSA) is 58.6 Å². The summed E-state index contributed by atoms with van der Waals surface area (Å²) in [4.78, 5) is 28.5. The highest BCUT2D eigenvalue weighted by molar-refractivity contribution is 6.47. The molecule has 0 radical (unpaired) electrons. The molecule has 0 saturated heterocycles. The number of carbonyl (C=O) groups is 2. The lowest BCUT2D eigenvalue weighted by molar-refractivity contribution is -0.120. The van der Waals surface area contributed by atoms with Gasteiger partial charge in [0.05, 0.1) is 18.4 Å². The molecule has 6 heteroatoms. The van der Waals surface area contributed by atoms with Crippen LogP contribution < -0.4 is 15.0 Å². The van der Waals surface area contributed by atoms with Crippen molar-refractivity contribution in [2.24, 2.45) is 0 Å². The lowest BCUT2D eigenvalue weighted by Crippen LogP contribution is -2.33. The SMILES string of the molecule is COc1ccccc1C1=C(Nc2ccc(C)cc2C)C(=O)N(c2cc(Cl)ccc2C)C1=O. The molecule has 2 amide bonds. The Labute approximate surface area is 192 Å². The van der Waals surface area contributed by atoms with E-state index in [0.717, 1.165) is 22.4 Å². The third-order valence-corrected chi connectivity index (χ3v) is 5.75. The number of halogens is 1. The number of ether oxygens (including phenoxy) is 1. The zero-order chi connectivity index (χ0) is 23.0. The Morgan fingerprint density at radius 3 is 2.34 bits per heavy atom. The van der Waals surface area contributed by atoms with Crippen LogP contribution in [-0.4, -0.2) is 18.9 Å². The van der Waals surface area contributed by atoms with Crippen LogP contribution in [0.2, 0.25) is 5.02 Å². The molecular weight excluding hydrogens is 424 g/mol. The molecule has 1 heterocycles. The molecule has 32 heavy (non-hydrogen) atoms. The largest absolute Gasteiger partial charge is 0.496 e. The molecule has 1 aliphatic rings. The van der Waals surface area contributed by atoms with Gasteiger partial charge >= 0.3 is 0 Å². The molecule has 0 aliphatic carbocycles. The van der Waals surface area contributed by atoms with E-state index < -0.39 is 11.8 Å². The average molecular weight is 447 g/mol. The van der Waals surface area contributed by atoms with E-state index >= 15 is 0 Å². The summed E-state index contributed by atoms with van der Waals surface area (Å²) in [5.41, 5.74) is 5.05. The Balaban J connectivity index is 1.91. The Kier molecular flexibility index (Phi) is 5.76. The maximum Gasteiger partial charge on any atom is 0.282 e. The molecule has 0 saturated carbocycles. The standard InChI is InChI=1S/C26H23ClN2O3/c1-15-9-12-20(17(3)13-15)28-24-23(19-7-5-6-8-22(19)32-4)25(30)29(26(24)31)21-14-18(27)11-10-16(21)2/h5-14,28H,1-4H3. The molecule has 1 aliphatic heterocycles. The Bertz CT molecular complexity index is 1280. The number of aryl methyl sites for hydroxylation is 3. The van der Waals surface area contributed by atoms with Crippen molar-refractivity contribution in [3.8, 4) is 5.75 Å². The number of rotatable bonds is 5. The predicted molar refractivity (Wildman–Crippen MR) is 128 cm³/mol. The van der Waals surface area contributed by atoms with Gasteiger partial charge in [-0.15, -0.1) is 0 Å². The first-order valence-electron chi connectivity index (χ1n) is 10.2. The van der Waals surface area contributed by atoms with Gasteiger partial charge in [-0.2, -0.15) is 0 Å². The van der Waals surface area contributed by atoms with Gasteiger partial charge in [-0.25, -0.2) is 4.90 Å². The Morgan fingerprint density at radius 1 is 0.875 bits per heavy atom. The normalized spacial score (nSPS) is 13.7. The quantitative estimate of drug-likeness (QED) is 0.513. The van der Waals surface area contributed by atoms with Gasteiger partial charge in [0.1, 0.15) is 11.4 Å². The van der Waals surface area contributed by atoms with Crippen LogP contribution in [0.4, 0.5) is 11.4 Å². The second-order valence-corrected chi connectivity index (χ2v) is 8.21. The molecule has 1 N–H and O–H groups in total. The molecule has 3 aromatic carbocycles. The number of para-hydroxylation sites is 1. The van der Waals surface area contributed by atoms with Gasteiger partial charge < -0.3 is 10.1 Å². The van der Waals surface area contributed by atoms with Gasteiger partial charge in [-0.1, -0.05) is 53.6 Å². The lowest BCUT2D eigenvalue weighted by atomic mass is 10.0. The third kappa shape index (κ3) is 3.76. The van der Waals surface area contributed by atoms with E-state index in [0.29, 0.717) is 22.0 Å². The first-order valence-corrected chi connectivity index (χ1v) is 10.6. The van der Waals surface area contributed by atoms with Crippen LogP contribution in [0.25, 0.3) is 5.57 Å². The zero-order valence-electron chi connectivity index (χ0n) is 18.3. The summed E-state index contributed by atoms with van der Waals surface area (Å²) in [5, 5.41) is 3.67. The number of benzene rings is 3. The summed E-state index contributed by atoms with van der Waals surface area (Å²) in [6.07, 6.45) is 0. The molecule has 0 fully saturated rings. The molecule has 5 nitrogen and oxygen atoms in total. The number of methoxy groups -OCH3 is 1. The van der Waals surface area contributed by atoms with Crippen molar-refractivity contribution in [1.82, 2.24) is 0 Å². The van der Waals surface area contributed by atoms with Crippen LogP contribution >= 0.6 is 11.6 Å². The van der Waals surface area contributed by atoms with Crippen molar-refractivity contribution in [2.45, 2.75) is 20.8 Å². The van der Waals surface area contributed by atoms with E-state index in [2.05, 4.69) is 5.32 Å². The smallest absolute Gasteiger partial charge is 0.282 e. The zero-order valence-corrected chi connectivity index (χ0v) is 19.1. The van der Waals surface area contributed by atoms with Gasteiger partial charge in [-0.05, 0) is 56.2 Å². The molecular formula is C26H23ClN2O3. The van der Waals surface area contributed by atoms with Crippen molar-refractivity contribution >= 4 is 40.4 Å². The van der Waals surface area contributed by atoms with Gasteiger partial charge in [0.15, 0.2) is 0 Å². The molecule has 0 unspecified atom stereocenters. The predicted octanol–water partition coefficient (Wildman–Crippen LogP) is 5.67. The molecule has 0 spiro atoms. The van der Waals surface area contributed by atoms with E-state index in [1.165, 1.54) is 12.0 Å². The van der Waals surface area contributed by atoms with Crippen molar-refractivity contribution < 1.29 is 14.3 Å². The van der Waals surface area contributed by atoms with Gasteiger partial charge in [0.25, 0.3) is 11.8 Å². The average Bonchev–Trinajstić information content (AvgIpc) is 3.01. The number of nitrogens with one attached hydrogen (secondary N) is 1. The highest BCUT2D eigenvalue weighted by Crippen LogP contribution is 2.39. The summed E-state index contributed by atoms with van der Waals surface area (Å²) < 4.78 is 5.50. The summed E-state index contributed by atoms with van der Waals surface area (Å²) in [6, 6.07) is 18.2. The Hall–Kier alpha value is -3.57. The van der Waals surface area contributed by atoms with Crippen molar-refractivity contribution in [1.29, 1.82) is 0 Å². The first kappa shape index (κ1) is 21.7. The molecule has 4 rings (SSSR count).